The summed E-state index contributed by atoms with van der Waals surface area (Å²) >= 11 is 0. The number of carbonyl (C=O) groups excluding carboxylic acids is 4. The number of nitrogens with one attached hydrogen (secondary N) is 4. The molecule has 2 aromatic carbocycles. The molecule has 4 atom stereocenters. The van der Waals surface area contributed by atoms with E-state index in [1.165, 1.54) is 19.4 Å². The van der Waals surface area contributed by atoms with Crippen molar-refractivity contribution in [3.8, 4) is 0 Å². The Bertz CT molecular complexity index is 1340. The summed E-state index contributed by atoms with van der Waals surface area (Å²) in [5, 5.41) is 16.8. The van der Waals surface area contributed by atoms with Gasteiger partial charge in [0.25, 0.3) is 5.91 Å². The molecule has 0 radical (unpaired) electrons. The van der Waals surface area contributed by atoms with Gasteiger partial charge in [-0.25, -0.2) is 4.98 Å². The van der Waals surface area contributed by atoms with Crippen molar-refractivity contribution >= 4 is 29.7 Å². The summed E-state index contributed by atoms with van der Waals surface area (Å²) in [4.78, 5) is 68.7. The Morgan fingerprint density at radius 1 is 0.905 bits per heavy atom. The topological polar surface area (TPSA) is 206 Å². The highest BCUT2D eigenvalue weighted by Crippen LogP contribution is 2.14. The number of carboxylic acids is 1. The molecule has 13 heteroatoms. The lowest BCUT2D eigenvalue weighted by molar-refractivity contribution is -0.155. The maximum absolute atomic E-state index is 13.0. The number of rotatable bonds is 15. The zero-order chi connectivity index (χ0) is 30.5. The molecule has 1 aromatic heterocycles. The number of nitrogens with two attached hydrogens (primary N) is 1. The van der Waals surface area contributed by atoms with Crippen molar-refractivity contribution < 1.29 is 33.8 Å². The molecule has 0 saturated carbocycles. The van der Waals surface area contributed by atoms with Gasteiger partial charge in [0.2, 0.25) is 11.8 Å². The van der Waals surface area contributed by atoms with Crippen molar-refractivity contribution in [3.63, 3.8) is 0 Å². The van der Waals surface area contributed by atoms with Crippen molar-refractivity contribution in [1.82, 2.24) is 25.9 Å². The molecule has 7 N–H and O–H groups in total. The van der Waals surface area contributed by atoms with Crippen LogP contribution >= 0.6 is 0 Å². The molecule has 3 aromatic rings. The zero-order valence-corrected chi connectivity index (χ0v) is 23.0. The Kier molecular flexibility index (Phi) is 11.7. The molecule has 0 saturated heterocycles. The predicted octanol–water partition coefficient (Wildman–Crippen LogP) is 0.387. The summed E-state index contributed by atoms with van der Waals surface area (Å²) in [6, 6.07) is 15.3. The number of aromatic nitrogens is 2. The van der Waals surface area contributed by atoms with E-state index < -0.39 is 66.9 Å². The van der Waals surface area contributed by atoms with Gasteiger partial charge in [0.1, 0.15) is 12.6 Å². The first-order valence-electron chi connectivity index (χ1n) is 13.2. The minimum atomic E-state index is -1.29. The largest absolute Gasteiger partial charge is 0.481 e. The summed E-state index contributed by atoms with van der Waals surface area (Å²) in [7, 11) is 0. The minimum Gasteiger partial charge on any atom is -0.481 e. The Balaban J connectivity index is 1.56. The third kappa shape index (κ3) is 10.2. The van der Waals surface area contributed by atoms with Crippen LogP contribution in [0.25, 0.3) is 0 Å². The number of benzene rings is 2. The molecule has 0 aliphatic heterocycles. The van der Waals surface area contributed by atoms with Gasteiger partial charge in [0.15, 0.2) is 6.10 Å². The molecule has 2 unspecified atom stereocenters. The van der Waals surface area contributed by atoms with Crippen LogP contribution in [0.1, 0.15) is 36.2 Å². The van der Waals surface area contributed by atoms with E-state index in [9.17, 15) is 24.0 Å². The number of aliphatic carboxylic acids is 1. The molecule has 0 aliphatic rings. The van der Waals surface area contributed by atoms with E-state index >= 15 is 0 Å². The van der Waals surface area contributed by atoms with Gasteiger partial charge in [-0.15, -0.1) is 0 Å². The van der Waals surface area contributed by atoms with Crippen molar-refractivity contribution in [3.05, 3.63) is 90.0 Å². The van der Waals surface area contributed by atoms with Gasteiger partial charge in [0, 0.05) is 6.42 Å². The van der Waals surface area contributed by atoms with Gasteiger partial charge in [-0.3, -0.25) is 24.0 Å². The third-order valence-corrected chi connectivity index (χ3v) is 6.23. The molecule has 0 aliphatic carbocycles. The van der Waals surface area contributed by atoms with Crippen LogP contribution in [-0.4, -0.2) is 69.5 Å². The average Bonchev–Trinajstić information content (AvgIpc) is 3.51. The summed E-state index contributed by atoms with van der Waals surface area (Å²) in [6.45, 7) is 0.735. The molecule has 0 bridgehead atoms. The maximum Gasteiger partial charge on any atom is 0.326 e. The van der Waals surface area contributed by atoms with Crippen LogP contribution in [0.2, 0.25) is 0 Å². The Morgan fingerprint density at radius 3 is 2.10 bits per heavy atom. The average molecular weight is 579 g/mol. The number of hydrogen-bond acceptors (Lipinski definition) is 8. The van der Waals surface area contributed by atoms with E-state index in [2.05, 4.69) is 25.9 Å². The number of hydrogen-bond donors (Lipinski definition) is 6. The van der Waals surface area contributed by atoms with Gasteiger partial charge in [-0.2, -0.15) is 0 Å². The highest BCUT2D eigenvalue weighted by molar-refractivity contribution is 5.92. The second kappa shape index (κ2) is 15.7. The van der Waals surface area contributed by atoms with Crippen LogP contribution in [0.15, 0.2) is 73.2 Å². The smallest absolute Gasteiger partial charge is 0.326 e. The van der Waals surface area contributed by atoms with Gasteiger partial charge in [0.05, 0.1) is 36.7 Å². The second-order valence-electron chi connectivity index (χ2n) is 9.56. The number of imidazole rings is 1. The fourth-order valence-electron chi connectivity index (χ4n) is 4.03. The van der Waals surface area contributed by atoms with Crippen molar-refractivity contribution in [1.29, 1.82) is 0 Å². The van der Waals surface area contributed by atoms with Crippen LogP contribution in [-0.2, 0) is 41.6 Å². The third-order valence-electron chi connectivity index (χ3n) is 6.23. The number of amides is 3. The molecular formula is C29H34N6O7. The van der Waals surface area contributed by atoms with E-state index in [1.807, 2.05) is 36.4 Å². The molecular weight excluding hydrogens is 544 g/mol. The molecule has 3 amide bonds. The van der Waals surface area contributed by atoms with Gasteiger partial charge >= 0.3 is 11.9 Å². The number of H-pyrrole nitrogens is 1. The number of esters is 1. The lowest BCUT2D eigenvalue weighted by Gasteiger charge is -2.21. The fraction of sp³-hybridized carbons (Fsp3) is 0.310. The summed E-state index contributed by atoms with van der Waals surface area (Å²) in [5.74, 6) is -3.98. The predicted molar refractivity (Wildman–Crippen MR) is 150 cm³/mol. The van der Waals surface area contributed by atoms with E-state index in [0.29, 0.717) is 5.69 Å². The van der Waals surface area contributed by atoms with Gasteiger partial charge in [-0.05, 0) is 24.5 Å². The van der Waals surface area contributed by atoms with E-state index in [4.69, 9.17) is 15.6 Å². The first kappa shape index (κ1) is 31.5. The maximum atomic E-state index is 13.0. The highest BCUT2D eigenvalue weighted by atomic mass is 16.5. The van der Waals surface area contributed by atoms with Crippen LogP contribution in [0.3, 0.4) is 0 Å². The number of carboxylic acid groups (broad SMARTS) is 1. The lowest BCUT2D eigenvalue weighted by atomic mass is 10.0. The van der Waals surface area contributed by atoms with Crippen LogP contribution in [0.5, 0.6) is 0 Å². The normalized spacial score (nSPS) is 13.6. The number of aromatic amines is 1. The van der Waals surface area contributed by atoms with Crippen LogP contribution < -0.4 is 21.7 Å². The van der Waals surface area contributed by atoms with Crippen LogP contribution in [0, 0.1) is 0 Å². The van der Waals surface area contributed by atoms with Gasteiger partial charge < -0.3 is 36.5 Å². The molecule has 1 heterocycles. The highest BCUT2D eigenvalue weighted by Gasteiger charge is 2.27. The molecule has 0 spiro atoms. The van der Waals surface area contributed by atoms with Crippen molar-refractivity contribution in [2.45, 2.75) is 50.4 Å². The Hall–Kier alpha value is -5.04. The Labute approximate surface area is 242 Å². The van der Waals surface area contributed by atoms with E-state index in [0.717, 1.165) is 11.1 Å². The number of ether oxygens (including phenoxy) is 1. The second-order valence-corrected chi connectivity index (χ2v) is 9.56. The number of carbonyl (C=O) groups is 5. The quantitative estimate of drug-likeness (QED) is 0.138. The van der Waals surface area contributed by atoms with E-state index in [1.54, 1.807) is 24.3 Å². The molecule has 13 nitrogen and oxygen atoms in total. The minimum absolute atomic E-state index is 0.142. The molecule has 3 rings (SSSR count). The van der Waals surface area contributed by atoms with E-state index in [-0.39, 0.29) is 12.8 Å². The molecule has 222 valence electrons. The SMILES string of the molecule is CC(OC(=O)CNC(=O)[C@H](Cc1ccccc1)NC(=O)[C@@H](N)Cc1ccccc1)C(=O)NC(CC(=O)O)c1cnc[nH]1. The summed E-state index contributed by atoms with van der Waals surface area (Å²) in [6.07, 6.45) is 1.42. The lowest BCUT2D eigenvalue weighted by Crippen LogP contribution is -2.53. The summed E-state index contributed by atoms with van der Waals surface area (Å²) in [5.41, 5.74) is 8.10. The first-order valence-corrected chi connectivity index (χ1v) is 13.2. The number of nitrogens with zero attached hydrogens (tertiary/aromatic N) is 1. The van der Waals surface area contributed by atoms with Gasteiger partial charge in [-0.1, -0.05) is 60.7 Å². The standard InChI is InChI=1S/C29H34N6O7/c1-18(27(39)34-22(14-25(36)37)24-15-31-17-33-24)42-26(38)16-32-29(41)23(13-20-10-6-3-7-11-20)35-28(40)21(30)12-19-8-4-2-5-9-19/h2-11,15,17-18,21-23H,12-14,16,30H2,1H3,(H,31,33)(H,32,41)(H,34,39)(H,35,40)(H,36,37)/t18?,21-,22?,23-/m0/s1. The van der Waals surface area contributed by atoms with Crippen LogP contribution in [0.4, 0.5) is 0 Å². The van der Waals surface area contributed by atoms with Crippen molar-refractivity contribution in [2.24, 2.45) is 5.73 Å². The van der Waals surface area contributed by atoms with Crippen molar-refractivity contribution in [2.75, 3.05) is 6.54 Å². The Morgan fingerprint density at radius 2 is 1.52 bits per heavy atom. The fourth-order valence-corrected chi connectivity index (χ4v) is 4.03. The molecule has 42 heavy (non-hydrogen) atoms. The first-order chi connectivity index (χ1) is 20.1. The molecule has 0 fully saturated rings. The summed E-state index contributed by atoms with van der Waals surface area (Å²) < 4.78 is 5.12. The monoisotopic (exact) mass is 578 g/mol. The zero-order valence-electron chi connectivity index (χ0n) is 23.0.